The molecule has 0 aliphatic rings. The Labute approximate surface area is 114 Å². The van der Waals surface area contributed by atoms with Crippen LogP contribution in [0.3, 0.4) is 0 Å². The Morgan fingerprint density at radius 3 is 1.68 bits per heavy atom. The molecule has 0 aliphatic carbocycles. The van der Waals surface area contributed by atoms with Gasteiger partial charge in [0.2, 0.25) is 0 Å². The van der Waals surface area contributed by atoms with Crippen LogP contribution < -0.4 is 0 Å². The predicted octanol–water partition coefficient (Wildman–Crippen LogP) is -0.633. The van der Waals surface area contributed by atoms with E-state index in [9.17, 15) is 8.42 Å². The molecule has 0 bridgehead atoms. The van der Waals surface area contributed by atoms with Crippen LogP contribution in [0.1, 0.15) is 13.8 Å². The van der Waals surface area contributed by atoms with E-state index >= 15 is 0 Å². The Hall–Kier alpha value is -0.550. The first kappa shape index (κ1) is 23.5. The molecule has 19 heavy (non-hydrogen) atoms. The van der Waals surface area contributed by atoms with Crippen molar-refractivity contribution in [1.82, 2.24) is 0 Å². The SMILES string of the molecule is C=CCOS(=O)(=O)O.CCOCC.OCC(O)CO. The normalized spacial score (nSPS) is 10.1. The van der Waals surface area contributed by atoms with Gasteiger partial charge in [0.15, 0.2) is 0 Å². The molecular weight excluding hydrogens is 280 g/mol. The van der Waals surface area contributed by atoms with E-state index in [-0.39, 0.29) is 19.8 Å². The van der Waals surface area contributed by atoms with Crippen LogP contribution in [0.15, 0.2) is 12.7 Å². The lowest BCUT2D eigenvalue weighted by molar-refractivity contribution is 0.0450. The first-order valence-electron chi connectivity index (χ1n) is 5.49. The molecule has 0 rings (SSSR count). The first-order valence-corrected chi connectivity index (χ1v) is 6.85. The van der Waals surface area contributed by atoms with Crippen molar-refractivity contribution in [2.75, 3.05) is 33.0 Å². The van der Waals surface area contributed by atoms with Gasteiger partial charge >= 0.3 is 10.4 Å². The Kier molecular flexibility index (Phi) is 21.6. The minimum Gasteiger partial charge on any atom is -0.394 e. The molecule has 0 aromatic heterocycles. The lowest BCUT2D eigenvalue weighted by Gasteiger charge is -1.96. The lowest BCUT2D eigenvalue weighted by atomic mass is 10.4. The van der Waals surface area contributed by atoms with E-state index in [0.717, 1.165) is 13.2 Å². The molecule has 0 aliphatic heterocycles. The predicted molar refractivity (Wildman–Crippen MR) is 70.0 cm³/mol. The fourth-order valence-electron chi connectivity index (χ4n) is 0.396. The summed E-state index contributed by atoms with van der Waals surface area (Å²) in [7, 11) is -4.26. The zero-order valence-electron chi connectivity index (χ0n) is 11.2. The van der Waals surface area contributed by atoms with Crippen LogP contribution >= 0.6 is 0 Å². The molecule has 0 spiro atoms. The van der Waals surface area contributed by atoms with Crippen molar-refractivity contribution in [2.45, 2.75) is 20.0 Å². The van der Waals surface area contributed by atoms with Crippen LogP contribution in [0, 0.1) is 0 Å². The van der Waals surface area contributed by atoms with E-state index in [1.807, 2.05) is 13.8 Å². The summed E-state index contributed by atoms with van der Waals surface area (Å²) in [6.07, 6.45) is 0.262. The van der Waals surface area contributed by atoms with E-state index in [1.54, 1.807) is 0 Å². The fourth-order valence-corrected chi connectivity index (χ4v) is 0.664. The molecular formula is C10H24O8S. The number of hydrogen-bond donors (Lipinski definition) is 4. The van der Waals surface area contributed by atoms with Gasteiger partial charge in [-0.2, -0.15) is 8.42 Å². The largest absolute Gasteiger partial charge is 0.397 e. The average molecular weight is 304 g/mol. The quantitative estimate of drug-likeness (QED) is 0.361. The van der Waals surface area contributed by atoms with Crippen LogP contribution in [0.4, 0.5) is 0 Å². The number of hydrogen-bond acceptors (Lipinski definition) is 7. The number of ether oxygens (including phenoxy) is 1. The minimum atomic E-state index is -4.26. The van der Waals surface area contributed by atoms with Crippen molar-refractivity contribution in [3.63, 3.8) is 0 Å². The van der Waals surface area contributed by atoms with Crippen LogP contribution in [-0.4, -0.2) is 67.4 Å². The van der Waals surface area contributed by atoms with Crippen molar-refractivity contribution < 1.29 is 37.2 Å². The van der Waals surface area contributed by atoms with Gasteiger partial charge in [0, 0.05) is 13.2 Å². The molecule has 0 saturated carbocycles. The van der Waals surface area contributed by atoms with Gasteiger partial charge in [-0.25, -0.2) is 4.18 Å². The van der Waals surface area contributed by atoms with Gasteiger partial charge in [0.05, 0.1) is 19.8 Å². The topological polar surface area (TPSA) is 134 Å². The molecule has 0 aromatic carbocycles. The molecule has 4 N–H and O–H groups in total. The Balaban J connectivity index is -0.000000209. The van der Waals surface area contributed by atoms with Gasteiger partial charge < -0.3 is 20.1 Å². The van der Waals surface area contributed by atoms with Gasteiger partial charge in [-0.3, -0.25) is 4.55 Å². The van der Waals surface area contributed by atoms with Gasteiger partial charge in [0.1, 0.15) is 6.10 Å². The molecule has 118 valence electrons. The van der Waals surface area contributed by atoms with E-state index in [1.165, 1.54) is 6.08 Å². The fraction of sp³-hybridized carbons (Fsp3) is 0.800. The first-order chi connectivity index (χ1) is 8.78. The van der Waals surface area contributed by atoms with Gasteiger partial charge in [-0.05, 0) is 13.8 Å². The van der Waals surface area contributed by atoms with Crippen molar-refractivity contribution in [2.24, 2.45) is 0 Å². The molecule has 0 amide bonds. The second-order valence-electron chi connectivity index (χ2n) is 2.80. The lowest BCUT2D eigenvalue weighted by Crippen LogP contribution is -2.15. The third kappa shape index (κ3) is 38.1. The highest BCUT2D eigenvalue weighted by Gasteiger charge is 1.99. The van der Waals surface area contributed by atoms with E-state index in [0.29, 0.717) is 0 Å². The third-order valence-corrected chi connectivity index (χ3v) is 1.60. The highest BCUT2D eigenvalue weighted by molar-refractivity contribution is 7.80. The summed E-state index contributed by atoms with van der Waals surface area (Å²) in [4.78, 5) is 0. The zero-order valence-corrected chi connectivity index (χ0v) is 12.0. The molecule has 0 radical (unpaired) electrons. The summed E-state index contributed by atoms with van der Waals surface area (Å²) in [5.41, 5.74) is 0. The number of aliphatic hydroxyl groups is 3. The molecule has 0 aromatic rings. The third-order valence-electron chi connectivity index (χ3n) is 1.16. The summed E-state index contributed by atoms with van der Waals surface area (Å²) in [5.74, 6) is 0. The maximum Gasteiger partial charge on any atom is 0.397 e. The maximum absolute atomic E-state index is 9.68. The second-order valence-corrected chi connectivity index (χ2v) is 3.89. The van der Waals surface area contributed by atoms with E-state index in [2.05, 4.69) is 10.8 Å². The van der Waals surface area contributed by atoms with Crippen LogP contribution in [0.25, 0.3) is 0 Å². The summed E-state index contributed by atoms with van der Waals surface area (Å²) in [5, 5.41) is 24.0. The summed E-state index contributed by atoms with van der Waals surface area (Å²) in [6.45, 7) is 7.91. The Morgan fingerprint density at radius 1 is 1.21 bits per heavy atom. The summed E-state index contributed by atoms with van der Waals surface area (Å²) in [6, 6.07) is 0. The maximum atomic E-state index is 9.68. The van der Waals surface area contributed by atoms with Gasteiger partial charge in [0.25, 0.3) is 0 Å². The Morgan fingerprint density at radius 2 is 1.63 bits per heavy atom. The summed E-state index contributed by atoms with van der Waals surface area (Å²) < 4.78 is 35.8. The van der Waals surface area contributed by atoms with Gasteiger partial charge in [-0.1, -0.05) is 6.08 Å². The number of aliphatic hydroxyl groups excluding tert-OH is 3. The number of rotatable bonds is 7. The van der Waals surface area contributed by atoms with E-state index < -0.39 is 16.5 Å². The molecule has 9 heteroatoms. The average Bonchev–Trinajstić information content (AvgIpc) is 2.37. The molecule has 0 fully saturated rings. The molecule has 0 heterocycles. The molecule has 0 saturated heterocycles. The van der Waals surface area contributed by atoms with E-state index in [4.69, 9.17) is 24.6 Å². The Bertz CT molecular complexity index is 259. The zero-order chi connectivity index (χ0) is 15.7. The van der Waals surface area contributed by atoms with Crippen molar-refractivity contribution >= 4 is 10.4 Å². The van der Waals surface area contributed by atoms with Crippen LogP contribution in [-0.2, 0) is 19.3 Å². The smallest absolute Gasteiger partial charge is 0.394 e. The van der Waals surface area contributed by atoms with Crippen molar-refractivity contribution in [1.29, 1.82) is 0 Å². The van der Waals surface area contributed by atoms with Crippen LogP contribution in [0.5, 0.6) is 0 Å². The van der Waals surface area contributed by atoms with Crippen molar-refractivity contribution in [3.8, 4) is 0 Å². The molecule has 8 nitrogen and oxygen atoms in total. The monoisotopic (exact) mass is 304 g/mol. The summed E-state index contributed by atoms with van der Waals surface area (Å²) >= 11 is 0. The molecule has 0 unspecified atom stereocenters. The highest BCUT2D eigenvalue weighted by Crippen LogP contribution is 1.83. The van der Waals surface area contributed by atoms with Crippen LogP contribution in [0.2, 0.25) is 0 Å². The highest BCUT2D eigenvalue weighted by atomic mass is 32.3. The van der Waals surface area contributed by atoms with Crippen molar-refractivity contribution in [3.05, 3.63) is 12.7 Å². The minimum absolute atomic E-state index is 0.196. The molecule has 0 atom stereocenters. The second kappa shape index (κ2) is 17.4. The van der Waals surface area contributed by atoms with Gasteiger partial charge in [-0.15, -0.1) is 6.58 Å². The standard InChI is InChI=1S/C4H10O.C3H6O4S.C3H8O3/c1-3-5-4-2;1-2-3-7-8(4,5)6;4-1-3(6)2-5/h3-4H2,1-2H3;2H,1,3H2,(H,4,5,6);3-6H,1-2H2.